The molecule has 0 aromatic carbocycles. The monoisotopic (exact) mass is 429 g/mol. The van der Waals surface area contributed by atoms with E-state index in [1.165, 1.54) is 32.7 Å². The van der Waals surface area contributed by atoms with Crippen molar-refractivity contribution in [2.45, 2.75) is 109 Å². The Balaban J connectivity index is 4.83. The highest BCUT2D eigenvalue weighted by atomic mass is 16.5. The van der Waals surface area contributed by atoms with Crippen LogP contribution in [0.4, 0.5) is 0 Å². The number of carbonyl (C=O) groups excluding carboxylic acids is 3. The first-order chi connectivity index (χ1) is 14.4. The fourth-order valence-corrected chi connectivity index (χ4v) is 3.46. The molecule has 3 atom stereocenters. The van der Waals surface area contributed by atoms with Crippen LogP contribution in [0.3, 0.4) is 0 Å². The molecule has 0 saturated heterocycles. The van der Waals surface area contributed by atoms with Crippen molar-refractivity contribution in [3.05, 3.63) is 0 Å². The van der Waals surface area contributed by atoms with E-state index in [0.29, 0.717) is 12.8 Å². The van der Waals surface area contributed by atoms with Crippen LogP contribution in [-0.2, 0) is 14.4 Å². The molecule has 0 aromatic rings. The third-order valence-electron chi connectivity index (χ3n) is 5.42. The SMILES string of the molecule is CCCCCCCCC[C@H](CC(=O)NO)C(=O)N[C@@H](CCCC)[C@H](O)CC(=O)NC. The summed E-state index contributed by atoms with van der Waals surface area (Å²) in [7, 11) is 1.50. The average molecular weight is 430 g/mol. The van der Waals surface area contributed by atoms with Crippen molar-refractivity contribution in [3.8, 4) is 0 Å². The molecule has 0 rings (SSSR count). The lowest BCUT2D eigenvalue weighted by Crippen LogP contribution is -2.47. The normalized spacial score (nSPS) is 13.9. The number of amides is 3. The van der Waals surface area contributed by atoms with E-state index >= 15 is 0 Å². The van der Waals surface area contributed by atoms with E-state index in [4.69, 9.17) is 5.21 Å². The summed E-state index contributed by atoms with van der Waals surface area (Å²) in [6, 6.07) is -0.552. The lowest BCUT2D eigenvalue weighted by molar-refractivity contribution is -0.135. The summed E-state index contributed by atoms with van der Waals surface area (Å²) in [6.45, 7) is 4.19. The van der Waals surface area contributed by atoms with Gasteiger partial charge < -0.3 is 15.7 Å². The second-order valence-corrected chi connectivity index (χ2v) is 8.05. The maximum atomic E-state index is 12.8. The Morgan fingerprint density at radius 1 is 0.800 bits per heavy atom. The number of rotatable bonds is 18. The molecule has 0 unspecified atom stereocenters. The molecule has 8 nitrogen and oxygen atoms in total. The predicted octanol–water partition coefficient (Wildman–Crippen LogP) is 2.81. The minimum atomic E-state index is -0.994. The van der Waals surface area contributed by atoms with Crippen molar-refractivity contribution in [1.29, 1.82) is 0 Å². The Kier molecular flexibility index (Phi) is 17.1. The summed E-state index contributed by atoms with van der Waals surface area (Å²) in [5, 5.41) is 24.6. The van der Waals surface area contributed by atoms with E-state index in [-0.39, 0.29) is 24.7 Å². The van der Waals surface area contributed by atoms with Gasteiger partial charge >= 0.3 is 0 Å². The zero-order valence-electron chi connectivity index (χ0n) is 19.0. The Morgan fingerprint density at radius 3 is 1.97 bits per heavy atom. The van der Waals surface area contributed by atoms with E-state index < -0.39 is 24.0 Å². The van der Waals surface area contributed by atoms with Gasteiger partial charge in [0.2, 0.25) is 17.7 Å². The number of hydroxylamine groups is 1. The molecular weight excluding hydrogens is 386 g/mol. The summed E-state index contributed by atoms with van der Waals surface area (Å²) in [5.74, 6) is -1.79. The topological polar surface area (TPSA) is 128 Å². The fraction of sp³-hybridized carbons (Fsp3) is 0.864. The van der Waals surface area contributed by atoms with E-state index in [1.54, 1.807) is 5.48 Å². The molecular formula is C22H43N3O5. The number of aliphatic hydroxyl groups is 1. The maximum Gasteiger partial charge on any atom is 0.244 e. The molecule has 0 aliphatic heterocycles. The molecule has 3 amide bonds. The quantitative estimate of drug-likeness (QED) is 0.130. The molecule has 0 aromatic heterocycles. The Hall–Kier alpha value is -1.67. The smallest absolute Gasteiger partial charge is 0.244 e. The van der Waals surface area contributed by atoms with E-state index in [9.17, 15) is 19.5 Å². The van der Waals surface area contributed by atoms with Crippen LogP contribution in [-0.4, -0.2) is 47.2 Å². The van der Waals surface area contributed by atoms with Crippen LogP contribution >= 0.6 is 0 Å². The summed E-state index contributed by atoms with van der Waals surface area (Å²) < 4.78 is 0. The summed E-state index contributed by atoms with van der Waals surface area (Å²) in [5.41, 5.74) is 1.60. The second-order valence-electron chi connectivity index (χ2n) is 8.05. The molecule has 0 aliphatic carbocycles. The third kappa shape index (κ3) is 13.5. The van der Waals surface area contributed by atoms with E-state index in [0.717, 1.165) is 32.1 Å². The Morgan fingerprint density at radius 2 is 1.40 bits per heavy atom. The molecule has 0 aliphatic rings. The summed E-state index contributed by atoms with van der Waals surface area (Å²) in [4.78, 5) is 36.1. The van der Waals surface area contributed by atoms with Gasteiger partial charge in [0.15, 0.2) is 0 Å². The minimum absolute atomic E-state index is 0.0925. The van der Waals surface area contributed by atoms with Gasteiger partial charge in [-0.25, -0.2) is 5.48 Å². The zero-order valence-corrected chi connectivity index (χ0v) is 19.0. The average Bonchev–Trinajstić information content (AvgIpc) is 2.74. The van der Waals surface area contributed by atoms with E-state index in [1.807, 2.05) is 6.92 Å². The van der Waals surface area contributed by atoms with Crippen LogP contribution in [0.25, 0.3) is 0 Å². The molecule has 5 N–H and O–H groups in total. The highest BCUT2D eigenvalue weighted by Gasteiger charge is 2.27. The predicted molar refractivity (Wildman–Crippen MR) is 117 cm³/mol. The number of hydrogen-bond donors (Lipinski definition) is 5. The van der Waals surface area contributed by atoms with Gasteiger partial charge in [-0.3, -0.25) is 19.6 Å². The molecule has 176 valence electrons. The van der Waals surface area contributed by atoms with Crippen molar-refractivity contribution in [1.82, 2.24) is 16.1 Å². The van der Waals surface area contributed by atoms with Gasteiger partial charge in [0.25, 0.3) is 0 Å². The number of hydrogen-bond acceptors (Lipinski definition) is 5. The lowest BCUT2D eigenvalue weighted by atomic mass is 9.94. The zero-order chi connectivity index (χ0) is 22.8. The van der Waals surface area contributed by atoms with Gasteiger partial charge in [0, 0.05) is 19.4 Å². The molecule has 0 saturated carbocycles. The first-order valence-electron chi connectivity index (χ1n) is 11.5. The van der Waals surface area contributed by atoms with Gasteiger partial charge in [0.1, 0.15) is 0 Å². The van der Waals surface area contributed by atoms with Crippen LogP contribution in [0.2, 0.25) is 0 Å². The van der Waals surface area contributed by atoms with Crippen LogP contribution in [0.5, 0.6) is 0 Å². The first-order valence-corrected chi connectivity index (χ1v) is 11.5. The number of carbonyl (C=O) groups is 3. The highest BCUT2D eigenvalue weighted by Crippen LogP contribution is 2.18. The largest absolute Gasteiger partial charge is 0.390 e. The molecule has 0 heterocycles. The standard InChI is InChI=1S/C22H43N3O5/c1-4-6-8-9-10-11-12-13-17(15-21(28)25-30)22(29)24-18(14-7-5-2)19(26)16-20(27)23-3/h17-19,26,30H,4-16H2,1-3H3,(H,23,27)(H,24,29)(H,25,28)/t17-,18+,19-/m1/s1. The number of unbranched alkanes of at least 4 members (excludes halogenated alkanes) is 7. The fourth-order valence-electron chi connectivity index (χ4n) is 3.46. The van der Waals surface area contributed by atoms with Gasteiger partial charge in [-0.1, -0.05) is 71.6 Å². The van der Waals surface area contributed by atoms with Gasteiger partial charge in [-0.2, -0.15) is 0 Å². The molecule has 8 heteroatoms. The summed E-state index contributed by atoms with van der Waals surface area (Å²) in [6.07, 6.45) is 9.34. The minimum Gasteiger partial charge on any atom is -0.390 e. The lowest BCUT2D eigenvalue weighted by Gasteiger charge is -2.26. The Labute approximate surface area is 181 Å². The van der Waals surface area contributed by atoms with Gasteiger partial charge in [0.05, 0.1) is 18.6 Å². The van der Waals surface area contributed by atoms with Crippen molar-refractivity contribution in [2.75, 3.05) is 7.05 Å². The molecule has 30 heavy (non-hydrogen) atoms. The van der Waals surface area contributed by atoms with E-state index in [2.05, 4.69) is 17.6 Å². The molecule has 0 bridgehead atoms. The van der Waals surface area contributed by atoms with Crippen LogP contribution < -0.4 is 16.1 Å². The first kappa shape index (κ1) is 28.3. The number of nitrogens with one attached hydrogen (secondary N) is 3. The Bertz CT molecular complexity index is 487. The third-order valence-corrected chi connectivity index (χ3v) is 5.42. The summed E-state index contributed by atoms with van der Waals surface area (Å²) >= 11 is 0. The number of aliphatic hydroxyl groups excluding tert-OH is 1. The second kappa shape index (κ2) is 18.1. The maximum absolute atomic E-state index is 12.8. The van der Waals surface area contributed by atoms with Crippen LogP contribution in [0.1, 0.15) is 97.3 Å². The highest BCUT2D eigenvalue weighted by molar-refractivity contribution is 5.85. The van der Waals surface area contributed by atoms with Crippen LogP contribution in [0, 0.1) is 5.92 Å². The van der Waals surface area contributed by atoms with Crippen LogP contribution in [0.15, 0.2) is 0 Å². The molecule has 0 fully saturated rings. The molecule has 0 spiro atoms. The van der Waals surface area contributed by atoms with Crippen molar-refractivity contribution < 1.29 is 24.7 Å². The van der Waals surface area contributed by atoms with Crippen molar-refractivity contribution >= 4 is 17.7 Å². The van der Waals surface area contributed by atoms with Crippen molar-refractivity contribution in [3.63, 3.8) is 0 Å². The molecule has 0 radical (unpaired) electrons. The van der Waals surface area contributed by atoms with Crippen molar-refractivity contribution in [2.24, 2.45) is 5.92 Å². The van der Waals surface area contributed by atoms with Gasteiger partial charge in [-0.05, 0) is 12.8 Å². The van der Waals surface area contributed by atoms with Gasteiger partial charge in [-0.15, -0.1) is 0 Å².